The van der Waals surface area contributed by atoms with Crippen molar-refractivity contribution in [2.45, 2.75) is 0 Å². The third kappa shape index (κ3) is 3.88. The molecule has 106 valence electrons. The van der Waals surface area contributed by atoms with Crippen molar-refractivity contribution in [3.63, 3.8) is 0 Å². The van der Waals surface area contributed by atoms with E-state index >= 15 is 0 Å². The van der Waals surface area contributed by atoms with Gasteiger partial charge in [0, 0.05) is 15.2 Å². The summed E-state index contributed by atoms with van der Waals surface area (Å²) in [6, 6.07) is 11.0. The van der Waals surface area contributed by atoms with Crippen LogP contribution in [0.3, 0.4) is 0 Å². The quantitative estimate of drug-likeness (QED) is 0.281. The molecule has 6 heteroatoms. The van der Waals surface area contributed by atoms with Gasteiger partial charge in [-0.15, -0.1) is 0 Å². The van der Waals surface area contributed by atoms with Crippen LogP contribution in [0, 0.1) is 13.7 Å². The van der Waals surface area contributed by atoms with Crippen LogP contribution < -0.4 is 0 Å². The topological polar surface area (TPSA) is 80.4 Å². The molecule has 0 unspecified atom stereocenters. The second-order valence-electron chi connectivity index (χ2n) is 4.21. The zero-order chi connectivity index (χ0) is 15.4. The second-order valence-corrected chi connectivity index (χ2v) is 5.46. The van der Waals surface area contributed by atoms with Gasteiger partial charge in [0.2, 0.25) is 0 Å². The number of benzene rings is 2. The van der Waals surface area contributed by atoms with Crippen molar-refractivity contribution in [3.05, 3.63) is 73.4 Å². The molecular weight excluding hydrogens is 385 g/mol. The number of nitrogens with zero attached hydrogens (tertiary/aromatic N) is 1. The number of hydrogen-bond acceptors (Lipinski definition) is 4. The third-order valence-corrected chi connectivity index (χ3v) is 3.47. The Morgan fingerprint density at radius 1 is 1.19 bits per heavy atom. The van der Waals surface area contributed by atoms with Crippen molar-refractivity contribution < 1.29 is 14.8 Å². The van der Waals surface area contributed by atoms with Gasteiger partial charge in [-0.1, -0.05) is 24.3 Å². The van der Waals surface area contributed by atoms with Crippen LogP contribution in [0.15, 0.2) is 48.5 Å². The third-order valence-electron chi connectivity index (χ3n) is 2.75. The van der Waals surface area contributed by atoms with Gasteiger partial charge in [-0.25, -0.2) is 0 Å². The molecule has 0 spiro atoms. The fourth-order valence-corrected chi connectivity index (χ4v) is 2.03. The number of ketones is 1. The van der Waals surface area contributed by atoms with Crippen LogP contribution >= 0.6 is 22.6 Å². The fraction of sp³-hybridized carbons (Fsp3) is 0. The maximum Gasteiger partial charge on any atom is 0.311 e. The maximum atomic E-state index is 11.9. The zero-order valence-electron chi connectivity index (χ0n) is 10.7. The number of rotatable bonds is 4. The molecule has 0 aliphatic carbocycles. The van der Waals surface area contributed by atoms with Crippen LogP contribution in [-0.2, 0) is 0 Å². The summed E-state index contributed by atoms with van der Waals surface area (Å²) in [5, 5.41) is 20.1. The number of carbonyl (C=O) groups excluding carboxylic acids is 1. The van der Waals surface area contributed by atoms with Crippen LogP contribution in [0.2, 0.25) is 0 Å². The molecule has 2 aromatic carbocycles. The number of allylic oxidation sites excluding steroid dienone is 1. The largest absolute Gasteiger partial charge is 0.502 e. The highest BCUT2D eigenvalue weighted by Crippen LogP contribution is 2.26. The van der Waals surface area contributed by atoms with Crippen LogP contribution in [-0.4, -0.2) is 15.8 Å². The van der Waals surface area contributed by atoms with Gasteiger partial charge in [0.15, 0.2) is 11.5 Å². The van der Waals surface area contributed by atoms with Gasteiger partial charge in [0.1, 0.15) is 0 Å². The number of phenols is 1. The van der Waals surface area contributed by atoms with Crippen molar-refractivity contribution in [1.82, 2.24) is 0 Å². The van der Waals surface area contributed by atoms with Gasteiger partial charge in [-0.2, -0.15) is 0 Å². The standard InChI is InChI=1S/C15H10INO4/c16-12-5-3-11(4-6-12)14(18)7-1-10-2-8-15(19)13(9-10)17(20)21/h1-9,19H. The first-order chi connectivity index (χ1) is 9.97. The summed E-state index contributed by atoms with van der Waals surface area (Å²) in [5.41, 5.74) is 0.622. The molecule has 1 N–H and O–H groups in total. The first-order valence-electron chi connectivity index (χ1n) is 5.93. The summed E-state index contributed by atoms with van der Waals surface area (Å²) in [6.07, 6.45) is 2.82. The van der Waals surface area contributed by atoms with E-state index < -0.39 is 10.7 Å². The first-order valence-corrected chi connectivity index (χ1v) is 7.00. The van der Waals surface area contributed by atoms with E-state index in [1.165, 1.54) is 30.4 Å². The van der Waals surface area contributed by atoms with E-state index in [9.17, 15) is 20.0 Å². The summed E-state index contributed by atoms with van der Waals surface area (Å²) in [7, 11) is 0. The Morgan fingerprint density at radius 2 is 1.86 bits per heavy atom. The lowest BCUT2D eigenvalue weighted by molar-refractivity contribution is -0.385. The van der Waals surface area contributed by atoms with Crippen LogP contribution in [0.25, 0.3) is 6.08 Å². The zero-order valence-corrected chi connectivity index (χ0v) is 12.9. The highest BCUT2D eigenvalue weighted by molar-refractivity contribution is 14.1. The molecule has 0 saturated carbocycles. The van der Waals surface area contributed by atoms with E-state index in [1.54, 1.807) is 12.1 Å². The molecule has 0 atom stereocenters. The molecule has 0 aliphatic heterocycles. The Hall–Kier alpha value is -2.22. The van der Waals surface area contributed by atoms with Crippen molar-refractivity contribution in [2.24, 2.45) is 0 Å². The number of halogens is 1. The van der Waals surface area contributed by atoms with Crippen molar-refractivity contribution in [1.29, 1.82) is 0 Å². The first kappa shape index (κ1) is 15.2. The highest BCUT2D eigenvalue weighted by atomic mass is 127. The number of nitro benzene ring substituents is 1. The molecule has 0 aromatic heterocycles. The molecule has 0 radical (unpaired) electrons. The minimum Gasteiger partial charge on any atom is -0.502 e. The van der Waals surface area contributed by atoms with Crippen LogP contribution in [0.5, 0.6) is 5.75 Å². The predicted molar refractivity (Wildman–Crippen MR) is 87.3 cm³/mol. The molecule has 0 saturated heterocycles. The average Bonchev–Trinajstić information content (AvgIpc) is 2.46. The van der Waals surface area contributed by atoms with E-state index in [0.717, 1.165) is 3.57 Å². The van der Waals surface area contributed by atoms with Gasteiger partial charge < -0.3 is 5.11 Å². The van der Waals surface area contributed by atoms with Crippen LogP contribution in [0.4, 0.5) is 5.69 Å². The molecule has 0 bridgehead atoms. The van der Waals surface area contributed by atoms with Gasteiger partial charge in [0.25, 0.3) is 0 Å². The van der Waals surface area contributed by atoms with Crippen molar-refractivity contribution in [2.75, 3.05) is 0 Å². The Labute approximate surface area is 134 Å². The molecular formula is C15H10INO4. The highest BCUT2D eigenvalue weighted by Gasteiger charge is 2.12. The predicted octanol–water partition coefficient (Wildman–Crippen LogP) is 3.80. The molecule has 0 heterocycles. The lowest BCUT2D eigenvalue weighted by Crippen LogP contribution is -1.94. The van der Waals surface area contributed by atoms with E-state index in [4.69, 9.17) is 0 Å². The molecule has 0 fully saturated rings. The molecule has 5 nitrogen and oxygen atoms in total. The molecule has 2 aromatic rings. The summed E-state index contributed by atoms with van der Waals surface area (Å²) < 4.78 is 1.03. The van der Waals surface area contributed by atoms with Gasteiger partial charge in [0.05, 0.1) is 4.92 Å². The van der Waals surface area contributed by atoms with Crippen molar-refractivity contribution >= 4 is 40.1 Å². The van der Waals surface area contributed by atoms with Gasteiger partial charge in [-0.05, 0) is 52.4 Å². The lowest BCUT2D eigenvalue weighted by atomic mass is 10.1. The minimum atomic E-state index is -0.673. The molecule has 2 rings (SSSR count). The van der Waals surface area contributed by atoms with E-state index in [-0.39, 0.29) is 11.5 Å². The Kier molecular flexibility index (Phi) is 4.69. The number of carbonyl (C=O) groups is 1. The van der Waals surface area contributed by atoms with E-state index in [0.29, 0.717) is 11.1 Å². The summed E-state index contributed by atoms with van der Waals surface area (Å²) in [4.78, 5) is 22.0. The number of nitro groups is 1. The number of phenolic OH excluding ortho intramolecular Hbond substituents is 1. The second kappa shape index (κ2) is 6.49. The number of hydrogen-bond donors (Lipinski definition) is 1. The van der Waals surface area contributed by atoms with E-state index in [1.807, 2.05) is 12.1 Å². The normalized spacial score (nSPS) is 10.7. The smallest absolute Gasteiger partial charge is 0.311 e. The minimum absolute atomic E-state index is 0.192. The molecule has 21 heavy (non-hydrogen) atoms. The fourth-order valence-electron chi connectivity index (χ4n) is 1.67. The SMILES string of the molecule is O=C(C=Cc1ccc(O)c([N+](=O)[O-])c1)c1ccc(I)cc1. The lowest BCUT2D eigenvalue weighted by Gasteiger charge is -1.98. The average molecular weight is 395 g/mol. The van der Waals surface area contributed by atoms with Gasteiger partial charge in [-0.3, -0.25) is 14.9 Å². The van der Waals surface area contributed by atoms with E-state index in [2.05, 4.69) is 22.6 Å². The Balaban J connectivity index is 2.21. The summed E-state index contributed by atoms with van der Waals surface area (Å²) >= 11 is 2.15. The summed E-state index contributed by atoms with van der Waals surface area (Å²) in [6.45, 7) is 0. The van der Waals surface area contributed by atoms with Crippen molar-refractivity contribution in [3.8, 4) is 5.75 Å². The van der Waals surface area contributed by atoms with Crippen LogP contribution in [0.1, 0.15) is 15.9 Å². The maximum absolute atomic E-state index is 11.9. The monoisotopic (exact) mass is 395 g/mol. The summed E-state index contributed by atoms with van der Waals surface area (Å²) in [5.74, 6) is -0.594. The number of aromatic hydroxyl groups is 1. The Bertz CT molecular complexity index is 723. The Morgan fingerprint density at radius 3 is 2.48 bits per heavy atom. The molecule has 0 amide bonds. The molecule has 0 aliphatic rings. The van der Waals surface area contributed by atoms with Gasteiger partial charge >= 0.3 is 5.69 Å².